The van der Waals surface area contributed by atoms with Crippen LogP contribution in [0.2, 0.25) is 0 Å². The van der Waals surface area contributed by atoms with E-state index >= 15 is 0 Å². The molecule has 0 aromatic heterocycles. The predicted molar refractivity (Wildman–Crippen MR) is 83.3 cm³/mol. The molecule has 1 aromatic carbocycles. The van der Waals surface area contributed by atoms with Crippen molar-refractivity contribution in [1.82, 2.24) is 10.2 Å². The Balaban J connectivity index is 0.00000200. The Morgan fingerprint density at radius 3 is 2.95 bits per heavy atom. The number of nitrogens with zero attached hydrogens (tertiary/aromatic N) is 2. The standard InChI is InChI=1S/C14H19N3O2.ClH/c1-12-11-16(10-8-15-12)9-4-6-13-5-2-3-7-14(13)17(18)19;/h2-7,12,15H,8-11H2,1H3;1H/b6-4+;/t12-;/m0./s1. The van der Waals surface area contributed by atoms with Crippen LogP contribution in [-0.4, -0.2) is 42.0 Å². The molecule has 0 unspecified atom stereocenters. The molecule has 110 valence electrons. The molecule has 6 heteroatoms. The number of rotatable bonds is 4. The Labute approximate surface area is 125 Å². The Morgan fingerprint density at radius 1 is 1.50 bits per heavy atom. The molecule has 1 saturated heterocycles. The van der Waals surface area contributed by atoms with Gasteiger partial charge in [0.1, 0.15) is 0 Å². The summed E-state index contributed by atoms with van der Waals surface area (Å²) < 4.78 is 0. The number of nitro groups is 1. The Hall–Kier alpha value is -1.43. The molecular formula is C14H20ClN3O2. The fourth-order valence-corrected chi connectivity index (χ4v) is 2.30. The van der Waals surface area contributed by atoms with Crippen LogP contribution in [0.15, 0.2) is 30.3 Å². The summed E-state index contributed by atoms with van der Waals surface area (Å²) in [5.41, 5.74) is 0.822. The van der Waals surface area contributed by atoms with E-state index in [-0.39, 0.29) is 23.0 Å². The van der Waals surface area contributed by atoms with E-state index in [1.807, 2.05) is 18.2 Å². The van der Waals surface area contributed by atoms with Crippen LogP contribution < -0.4 is 5.32 Å². The second-order valence-electron chi connectivity index (χ2n) is 4.83. The van der Waals surface area contributed by atoms with Crippen LogP contribution in [0.25, 0.3) is 6.08 Å². The molecule has 1 aliphatic rings. The van der Waals surface area contributed by atoms with Crippen molar-refractivity contribution in [2.45, 2.75) is 13.0 Å². The molecule has 0 spiro atoms. The molecule has 0 aliphatic carbocycles. The molecule has 1 aliphatic heterocycles. The monoisotopic (exact) mass is 297 g/mol. The number of nitro benzene ring substituents is 1. The fraction of sp³-hybridized carbons (Fsp3) is 0.429. The van der Waals surface area contributed by atoms with E-state index in [1.165, 1.54) is 6.07 Å². The van der Waals surface area contributed by atoms with E-state index in [0.717, 1.165) is 26.2 Å². The first-order valence-electron chi connectivity index (χ1n) is 6.52. The van der Waals surface area contributed by atoms with E-state index in [9.17, 15) is 10.1 Å². The van der Waals surface area contributed by atoms with Gasteiger partial charge in [0.2, 0.25) is 0 Å². The second-order valence-corrected chi connectivity index (χ2v) is 4.83. The summed E-state index contributed by atoms with van der Waals surface area (Å²) in [7, 11) is 0. The molecule has 1 fully saturated rings. The zero-order chi connectivity index (χ0) is 13.7. The number of benzene rings is 1. The van der Waals surface area contributed by atoms with Gasteiger partial charge in [-0.1, -0.05) is 24.3 Å². The van der Waals surface area contributed by atoms with Gasteiger partial charge in [0, 0.05) is 38.3 Å². The van der Waals surface area contributed by atoms with Gasteiger partial charge < -0.3 is 5.32 Å². The van der Waals surface area contributed by atoms with Crippen molar-refractivity contribution in [3.63, 3.8) is 0 Å². The predicted octanol–water partition coefficient (Wildman–Crippen LogP) is 2.32. The third kappa shape index (κ3) is 4.59. The fourth-order valence-electron chi connectivity index (χ4n) is 2.30. The van der Waals surface area contributed by atoms with Gasteiger partial charge in [0.25, 0.3) is 5.69 Å². The maximum Gasteiger partial charge on any atom is 0.276 e. The summed E-state index contributed by atoms with van der Waals surface area (Å²) in [5, 5.41) is 14.3. The van der Waals surface area contributed by atoms with E-state index in [4.69, 9.17) is 0 Å². The van der Waals surface area contributed by atoms with Gasteiger partial charge in [0.05, 0.1) is 10.5 Å². The van der Waals surface area contributed by atoms with Crippen LogP contribution in [-0.2, 0) is 0 Å². The number of hydrogen-bond acceptors (Lipinski definition) is 4. The summed E-state index contributed by atoms with van der Waals surface area (Å²) in [6.45, 7) is 6.03. The van der Waals surface area contributed by atoms with Crippen LogP contribution in [0.3, 0.4) is 0 Å². The third-order valence-electron chi connectivity index (χ3n) is 3.25. The lowest BCUT2D eigenvalue weighted by molar-refractivity contribution is -0.385. The Morgan fingerprint density at radius 2 is 2.25 bits per heavy atom. The molecule has 0 radical (unpaired) electrons. The Kier molecular flexibility index (Phi) is 6.64. The number of para-hydroxylation sites is 1. The molecular weight excluding hydrogens is 278 g/mol. The number of nitrogens with one attached hydrogen (secondary N) is 1. The van der Waals surface area contributed by atoms with Gasteiger partial charge in [-0.05, 0) is 13.0 Å². The van der Waals surface area contributed by atoms with Gasteiger partial charge in [-0.15, -0.1) is 12.4 Å². The van der Waals surface area contributed by atoms with Crippen molar-refractivity contribution in [1.29, 1.82) is 0 Å². The van der Waals surface area contributed by atoms with E-state index in [2.05, 4.69) is 17.1 Å². The number of piperazine rings is 1. The topological polar surface area (TPSA) is 58.4 Å². The van der Waals surface area contributed by atoms with Crippen molar-refractivity contribution in [3.8, 4) is 0 Å². The van der Waals surface area contributed by atoms with Crippen molar-refractivity contribution in [3.05, 3.63) is 46.0 Å². The van der Waals surface area contributed by atoms with E-state index < -0.39 is 0 Å². The summed E-state index contributed by atoms with van der Waals surface area (Å²) in [5.74, 6) is 0. The molecule has 1 heterocycles. The van der Waals surface area contributed by atoms with Gasteiger partial charge in [-0.25, -0.2) is 0 Å². The highest BCUT2D eigenvalue weighted by Gasteiger charge is 2.14. The second kappa shape index (κ2) is 7.99. The number of hydrogen-bond donors (Lipinski definition) is 1. The summed E-state index contributed by atoms with van der Waals surface area (Å²) in [6.07, 6.45) is 3.84. The quantitative estimate of drug-likeness (QED) is 0.684. The normalized spacial score (nSPS) is 19.8. The molecule has 20 heavy (non-hydrogen) atoms. The maximum atomic E-state index is 10.9. The SMILES string of the molecule is C[C@H]1CN(C/C=C/c2ccccc2[N+](=O)[O-])CCN1.Cl. The average Bonchev–Trinajstić information content (AvgIpc) is 2.39. The maximum absolute atomic E-state index is 10.9. The van der Waals surface area contributed by atoms with Crippen molar-refractivity contribution in [2.24, 2.45) is 0 Å². The molecule has 1 N–H and O–H groups in total. The zero-order valence-corrected chi connectivity index (χ0v) is 12.3. The third-order valence-corrected chi connectivity index (χ3v) is 3.25. The van der Waals surface area contributed by atoms with Gasteiger partial charge >= 0.3 is 0 Å². The minimum Gasteiger partial charge on any atom is -0.312 e. The van der Waals surface area contributed by atoms with Crippen molar-refractivity contribution >= 4 is 24.2 Å². The van der Waals surface area contributed by atoms with E-state index in [0.29, 0.717) is 11.6 Å². The van der Waals surface area contributed by atoms with Gasteiger partial charge in [-0.2, -0.15) is 0 Å². The van der Waals surface area contributed by atoms with Crippen molar-refractivity contribution < 1.29 is 4.92 Å². The highest BCUT2D eigenvalue weighted by Crippen LogP contribution is 2.18. The largest absolute Gasteiger partial charge is 0.312 e. The van der Waals surface area contributed by atoms with Crippen LogP contribution in [0.4, 0.5) is 5.69 Å². The first kappa shape index (κ1) is 16.6. The highest BCUT2D eigenvalue weighted by molar-refractivity contribution is 5.85. The smallest absolute Gasteiger partial charge is 0.276 e. The lowest BCUT2D eigenvalue weighted by atomic mass is 10.1. The zero-order valence-electron chi connectivity index (χ0n) is 11.5. The summed E-state index contributed by atoms with van der Waals surface area (Å²) in [6, 6.07) is 7.32. The average molecular weight is 298 g/mol. The lowest BCUT2D eigenvalue weighted by Crippen LogP contribution is -2.49. The first-order valence-corrected chi connectivity index (χ1v) is 6.52. The molecule has 0 saturated carbocycles. The van der Waals surface area contributed by atoms with Crippen LogP contribution in [0.5, 0.6) is 0 Å². The van der Waals surface area contributed by atoms with Crippen molar-refractivity contribution in [2.75, 3.05) is 26.2 Å². The van der Waals surface area contributed by atoms with E-state index in [1.54, 1.807) is 12.1 Å². The molecule has 0 amide bonds. The minimum absolute atomic E-state index is 0. The lowest BCUT2D eigenvalue weighted by Gasteiger charge is -2.30. The summed E-state index contributed by atoms with van der Waals surface area (Å²) in [4.78, 5) is 12.9. The molecule has 1 atom stereocenters. The summed E-state index contributed by atoms with van der Waals surface area (Å²) >= 11 is 0. The van der Waals surface area contributed by atoms with Crippen LogP contribution >= 0.6 is 12.4 Å². The highest BCUT2D eigenvalue weighted by atomic mass is 35.5. The van der Waals surface area contributed by atoms with Gasteiger partial charge in [-0.3, -0.25) is 15.0 Å². The Bertz CT molecular complexity index is 479. The van der Waals surface area contributed by atoms with Crippen LogP contribution in [0, 0.1) is 10.1 Å². The molecule has 2 rings (SSSR count). The molecule has 5 nitrogen and oxygen atoms in total. The van der Waals surface area contributed by atoms with Crippen LogP contribution in [0.1, 0.15) is 12.5 Å². The minimum atomic E-state index is -0.341. The molecule has 1 aromatic rings. The van der Waals surface area contributed by atoms with Gasteiger partial charge in [0.15, 0.2) is 0 Å². The number of halogens is 1. The first-order chi connectivity index (χ1) is 9.16. The molecule has 0 bridgehead atoms.